The molecule has 0 aliphatic carbocycles. The average Bonchev–Trinajstić information content (AvgIpc) is 2.77. The molecule has 0 saturated carbocycles. The van der Waals surface area contributed by atoms with Crippen LogP contribution in [0.25, 0.3) is 0 Å². The summed E-state index contributed by atoms with van der Waals surface area (Å²) in [6, 6.07) is 15.7. The molecule has 0 radical (unpaired) electrons. The molecule has 2 N–H and O–H groups in total. The van der Waals surface area contributed by atoms with Crippen LogP contribution in [0, 0.1) is 0 Å². The number of rotatable bonds is 2. The third-order valence-electron chi connectivity index (χ3n) is 3.50. The second kappa shape index (κ2) is 4.35. The van der Waals surface area contributed by atoms with E-state index < -0.39 is 0 Å². The van der Waals surface area contributed by atoms with Crippen molar-refractivity contribution in [1.29, 1.82) is 0 Å². The van der Waals surface area contributed by atoms with Crippen molar-refractivity contribution in [2.24, 2.45) is 5.73 Å². The zero-order valence-electron chi connectivity index (χ0n) is 10.8. The van der Waals surface area contributed by atoms with E-state index in [4.69, 9.17) is 5.73 Å². The maximum absolute atomic E-state index is 11.3. The van der Waals surface area contributed by atoms with E-state index in [-0.39, 0.29) is 5.78 Å². The molecule has 1 aliphatic rings. The summed E-state index contributed by atoms with van der Waals surface area (Å²) in [7, 11) is 0. The molecule has 0 amide bonds. The van der Waals surface area contributed by atoms with Crippen LogP contribution in [0.2, 0.25) is 0 Å². The smallest absolute Gasteiger partial charge is 0.280 e. The molecule has 0 atom stereocenters. The first-order chi connectivity index (χ1) is 9.16. The largest absolute Gasteiger partial charge is 0.295 e. The average molecular weight is 251 g/mol. The molecule has 3 heteroatoms. The van der Waals surface area contributed by atoms with E-state index in [2.05, 4.69) is 10.6 Å². The van der Waals surface area contributed by atoms with Crippen LogP contribution in [0.4, 0.5) is 5.69 Å². The minimum absolute atomic E-state index is 0.0770. The van der Waals surface area contributed by atoms with Crippen LogP contribution in [0.5, 0.6) is 0 Å². The lowest BCUT2D eigenvalue weighted by molar-refractivity contribution is -0.453. The molecule has 2 aromatic rings. The monoisotopic (exact) mass is 251 g/mol. The lowest BCUT2D eigenvalue weighted by Gasteiger charge is -2.03. The van der Waals surface area contributed by atoms with Gasteiger partial charge in [0.15, 0.2) is 5.78 Å². The van der Waals surface area contributed by atoms with Crippen molar-refractivity contribution >= 4 is 17.3 Å². The Labute approximate surface area is 112 Å². The Kier molecular flexibility index (Phi) is 2.67. The standard InChI is InChI=1S/C16H14N2O/c1-11(19)12-6-8-14(9-7-12)18-10-13-4-2-3-5-15(13)16(18)17/h2-9,17H,10H2,1H3/p+1. The molecule has 3 nitrogen and oxygen atoms in total. The van der Waals surface area contributed by atoms with E-state index >= 15 is 0 Å². The van der Waals surface area contributed by atoms with Gasteiger partial charge < -0.3 is 0 Å². The van der Waals surface area contributed by atoms with Crippen molar-refractivity contribution in [2.75, 3.05) is 0 Å². The van der Waals surface area contributed by atoms with Crippen LogP contribution in [0.15, 0.2) is 48.5 Å². The van der Waals surface area contributed by atoms with Gasteiger partial charge in [-0.2, -0.15) is 0 Å². The molecule has 0 aromatic heterocycles. The van der Waals surface area contributed by atoms with Gasteiger partial charge in [0.1, 0.15) is 12.2 Å². The fourth-order valence-electron chi connectivity index (χ4n) is 2.42. The van der Waals surface area contributed by atoms with Crippen LogP contribution < -0.4 is 5.73 Å². The summed E-state index contributed by atoms with van der Waals surface area (Å²) >= 11 is 0. The number of ketones is 1. The molecule has 19 heavy (non-hydrogen) atoms. The molecule has 1 heterocycles. The summed E-state index contributed by atoms with van der Waals surface area (Å²) in [6.07, 6.45) is 0. The van der Waals surface area contributed by atoms with Gasteiger partial charge in [0, 0.05) is 11.1 Å². The third kappa shape index (κ3) is 1.93. The second-order valence-electron chi connectivity index (χ2n) is 4.73. The van der Waals surface area contributed by atoms with Crippen LogP contribution in [0.3, 0.4) is 0 Å². The third-order valence-corrected chi connectivity index (χ3v) is 3.50. The van der Waals surface area contributed by atoms with E-state index in [9.17, 15) is 4.79 Å². The zero-order valence-corrected chi connectivity index (χ0v) is 10.8. The van der Waals surface area contributed by atoms with Gasteiger partial charge in [0.05, 0.1) is 5.56 Å². The molecular formula is C16H15N2O+. The SMILES string of the molecule is CC(=O)c1ccc([N+]2=C(N)c3ccccc3C2)cc1. The minimum Gasteiger partial charge on any atom is -0.295 e. The van der Waals surface area contributed by atoms with E-state index in [0.29, 0.717) is 0 Å². The maximum Gasteiger partial charge on any atom is 0.280 e. The normalized spacial score (nSPS) is 13.5. The van der Waals surface area contributed by atoms with Gasteiger partial charge in [-0.3, -0.25) is 10.5 Å². The van der Waals surface area contributed by atoms with Crippen molar-refractivity contribution in [3.63, 3.8) is 0 Å². The Morgan fingerprint density at radius 1 is 1.11 bits per heavy atom. The molecule has 94 valence electrons. The van der Waals surface area contributed by atoms with E-state index in [0.717, 1.165) is 29.2 Å². The van der Waals surface area contributed by atoms with Gasteiger partial charge in [0.2, 0.25) is 0 Å². The fraction of sp³-hybridized carbons (Fsp3) is 0.125. The number of nitrogens with two attached hydrogens (primary N) is 1. The van der Waals surface area contributed by atoms with E-state index in [1.807, 2.05) is 42.5 Å². The van der Waals surface area contributed by atoms with Crippen molar-refractivity contribution in [2.45, 2.75) is 13.5 Å². The summed E-state index contributed by atoms with van der Waals surface area (Å²) in [5.41, 5.74) is 10.3. The Bertz CT molecular complexity index is 684. The Balaban J connectivity index is 2.01. The van der Waals surface area contributed by atoms with Gasteiger partial charge in [-0.1, -0.05) is 18.2 Å². The molecule has 0 saturated heterocycles. The maximum atomic E-state index is 11.3. The van der Waals surface area contributed by atoms with Crippen molar-refractivity contribution in [3.05, 3.63) is 65.2 Å². The van der Waals surface area contributed by atoms with Gasteiger partial charge >= 0.3 is 0 Å². The lowest BCUT2D eigenvalue weighted by atomic mass is 10.1. The number of benzene rings is 2. The molecule has 0 unspecified atom stereocenters. The van der Waals surface area contributed by atoms with Gasteiger partial charge in [0.25, 0.3) is 5.84 Å². The number of hydrogen-bond acceptors (Lipinski definition) is 2. The topological polar surface area (TPSA) is 46.1 Å². The van der Waals surface area contributed by atoms with Gasteiger partial charge in [-0.15, -0.1) is 0 Å². The number of carbonyl (C=O) groups is 1. The van der Waals surface area contributed by atoms with Crippen molar-refractivity contribution < 1.29 is 9.37 Å². The number of Topliss-reactive ketones (excluding diaryl/α,β-unsaturated/α-hetero) is 1. The van der Waals surface area contributed by atoms with Crippen LogP contribution in [0.1, 0.15) is 28.4 Å². The number of hydrogen-bond donors (Lipinski definition) is 1. The molecular weight excluding hydrogens is 236 g/mol. The number of nitrogens with zero attached hydrogens (tertiary/aromatic N) is 1. The Hall–Kier alpha value is -2.42. The Morgan fingerprint density at radius 3 is 2.42 bits per heavy atom. The summed E-state index contributed by atoms with van der Waals surface area (Å²) in [5.74, 6) is 0.847. The Morgan fingerprint density at radius 2 is 1.79 bits per heavy atom. The summed E-state index contributed by atoms with van der Waals surface area (Å²) < 4.78 is 2.06. The minimum atomic E-state index is 0.0770. The number of carbonyl (C=O) groups excluding carboxylic acids is 1. The van der Waals surface area contributed by atoms with Gasteiger partial charge in [-0.25, -0.2) is 4.58 Å². The van der Waals surface area contributed by atoms with E-state index in [1.54, 1.807) is 6.92 Å². The predicted molar refractivity (Wildman–Crippen MR) is 74.8 cm³/mol. The molecule has 0 fully saturated rings. The highest BCUT2D eigenvalue weighted by molar-refractivity contribution is 5.97. The summed E-state index contributed by atoms with van der Waals surface area (Å²) in [4.78, 5) is 11.3. The summed E-state index contributed by atoms with van der Waals surface area (Å²) in [5, 5.41) is 0. The fourth-order valence-corrected chi connectivity index (χ4v) is 2.42. The number of fused-ring (bicyclic) bond motifs is 1. The van der Waals surface area contributed by atoms with Crippen LogP contribution in [-0.2, 0) is 6.54 Å². The second-order valence-corrected chi connectivity index (χ2v) is 4.73. The number of amidine groups is 1. The predicted octanol–water partition coefficient (Wildman–Crippen LogP) is 2.45. The highest BCUT2D eigenvalue weighted by Gasteiger charge is 2.25. The highest BCUT2D eigenvalue weighted by Crippen LogP contribution is 2.23. The molecule has 2 aromatic carbocycles. The quantitative estimate of drug-likeness (QED) is 0.658. The first kappa shape index (κ1) is 11.7. The van der Waals surface area contributed by atoms with Crippen molar-refractivity contribution in [3.8, 4) is 0 Å². The summed E-state index contributed by atoms with van der Waals surface area (Å²) in [6.45, 7) is 2.35. The highest BCUT2D eigenvalue weighted by atomic mass is 16.1. The first-order valence-corrected chi connectivity index (χ1v) is 6.26. The van der Waals surface area contributed by atoms with Crippen LogP contribution in [-0.4, -0.2) is 16.2 Å². The van der Waals surface area contributed by atoms with Crippen LogP contribution >= 0.6 is 0 Å². The molecule has 0 spiro atoms. The van der Waals surface area contributed by atoms with E-state index in [1.165, 1.54) is 5.56 Å². The zero-order chi connectivity index (χ0) is 13.4. The lowest BCUT2D eigenvalue weighted by Crippen LogP contribution is -2.20. The molecule has 0 bridgehead atoms. The van der Waals surface area contributed by atoms with Crippen molar-refractivity contribution in [1.82, 2.24) is 0 Å². The molecule has 3 rings (SSSR count). The first-order valence-electron chi connectivity index (χ1n) is 6.26. The molecule has 1 aliphatic heterocycles. The van der Waals surface area contributed by atoms with Gasteiger partial charge in [-0.05, 0) is 37.3 Å².